The number of halogens is 1. The molecule has 3 N–H and O–H groups in total. The van der Waals surface area contributed by atoms with Gasteiger partial charge in [-0.15, -0.1) is 0 Å². The predicted octanol–water partition coefficient (Wildman–Crippen LogP) is 3.04. The number of hydrogen-bond acceptors (Lipinski definition) is 9. The molecule has 0 spiro atoms. The predicted molar refractivity (Wildman–Crippen MR) is 145 cm³/mol. The Balaban J connectivity index is 1.54. The summed E-state index contributed by atoms with van der Waals surface area (Å²) < 4.78 is 17.1. The van der Waals surface area contributed by atoms with Crippen LogP contribution in [-0.2, 0) is 9.47 Å². The molecule has 1 heterocycles. The molecular formula is C27H37ClN6O4. The first-order chi connectivity index (χ1) is 18.0. The molecule has 0 atom stereocenters. The van der Waals surface area contributed by atoms with E-state index in [2.05, 4.69) is 43.0 Å². The summed E-state index contributed by atoms with van der Waals surface area (Å²) in [7, 11) is 1.87. The highest BCUT2D eigenvalue weighted by Crippen LogP contribution is 2.55. The number of carbonyl (C=O) groups is 1. The van der Waals surface area contributed by atoms with Crippen LogP contribution >= 0.6 is 11.6 Å². The summed E-state index contributed by atoms with van der Waals surface area (Å²) in [6, 6.07) is 6.92. The van der Waals surface area contributed by atoms with Crippen molar-refractivity contribution in [2.75, 3.05) is 51.5 Å². The second-order valence-electron chi connectivity index (χ2n) is 10.5. The fourth-order valence-electron chi connectivity index (χ4n) is 5.15. The molecule has 0 unspecified atom stereocenters. The third-order valence-corrected chi connectivity index (χ3v) is 7.19. The highest BCUT2D eigenvalue weighted by molar-refractivity contribution is 6.31. The minimum absolute atomic E-state index is 0.158. The van der Waals surface area contributed by atoms with Gasteiger partial charge in [0.05, 0.1) is 42.6 Å². The fourth-order valence-corrected chi connectivity index (χ4v) is 5.37. The van der Waals surface area contributed by atoms with Crippen molar-refractivity contribution in [1.82, 2.24) is 15.3 Å². The van der Waals surface area contributed by atoms with E-state index in [1.54, 1.807) is 18.2 Å². The second-order valence-corrected chi connectivity index (χ2v) is 10.9. The molecule has 38 heavy (non-hydrogen) atoms. The molecule has 3 rings (SSSR count). The van der Waals surface area contributed by atoms with Crippen LogP contribution in [0.15, 0.2) is 30.6 Å². The van der Waals surface area contributed by atoms with Gasteiger partial charge in [-0.1, -0.05) is 39.3 Å². The number of nitrogens with two attached hydrogens (primary N) is 1. The van der Waals surface area contributed by atoms with E-state index >= 15 is 0 Å². The number of ether oxygens (including phenoxy) is 3. The van der Waals surface area contributed by atoms with Crippen LogP contribution in [0.2, 0.25) is 5.02 Å². The van der Waals surface area contributed by atoms with Gasteiger partial charge < -0.3 is 30.2 Å². The number of anilines is 1. The number of amides is 1. The van der Waals surface area contributed by atoms with Crippen LogP contribution in [-0.4, -0.2) is 74.6 Å². The number of benzene rings is 1. The molecule has 10 nitrogen and oxygen atoms in total. The lowest BCUT2D eigenvalue weighted by atomic mass is 9.49. The van der Waals surface area contributed by atoms with E-state index in [4.69, 9.17) is 36.8 Å². The number of nitrogens with zero attached hydrogens (tertiary/aromatic N) is 4. The lowest BCUT2D eigenvalue weighted by Crippen LogP contribution is -2.74. The van der Waals surface area contributed by atoms with Gasteiger partial charge in [0.15, 0.2) is 0 Å². The number of nitrogens with one attached hydrogen (secondary N) is 1. The Hall–Kier alpha value is -2.97. The summed E-state index contributed by atoms with van der Waals surface area (Å²) in [6.07, 6.45) is 2.87. The molecule has 1 amide bonds. The Morgan fingerprint density at radius 3 is 2.34 bits per heavy atom. The van der Waals surface area contributed by atoms with Crippen molar-refractivity contribution in [2.24, 2.45) is 16.6 Å². The van der Waals surface area contributed by atoms with E-state index in [1.165, 1.54) is 12.4 Å². The van der Waals surface area contributed by atoms with Crippen LogP contribution in [0.4, 0.5) is 5.95 Å². The summed E-state index contributed by atoms with van der Waals surface area (Å²) in [4.78, 5) is 23.6. The number of hydrogen-bond donors (Lipinski definition) is 2. The number of carbonyl (C=O) groups excluding carboxylic acids is 1. The summed E-state index contributed by atoms with van der Waals surface area (Å²) in [5.74, 6) is 0.845. The number of aromatic nitrogens is 2. The van der Waals surface area contributed by atoms with Crippen LogP contribution in [0.25, 0.3) is 0 Å². The number of likely N-dealkylation sites (N-methyl/N-ethyl adjacent to an activating group) is 1. The zero-order chi connectivity index (χ0) is 27.9. The van der Waals surface area contributed by atoms with Crippen LogP contribution < -0.4 is 20.7 Å². The molecule has 1 aliphatic rings. The first-order valence-electron chi connectivity index (χ1n) is 12.6. The third-order valence-electron chi connectivity index (χ3n) is 6.88. The standard InChI is InChI=1S/C27H37ClN6O4/c1-26(2)23(27(3,4)24(26)38-20-7-6-18(15-30)21(28)14-20)33-22(35)19-16-31-25(32-17-19)34(5)9-11-37-13-12-36-10-8-29/h6-7,14,16-17,23-24H,8-13,29H2,1-5H3,(H,33,35). The van der Waals surface area contributed by atoms with Crippen molar-refractivity contribution in [3.8, 4) is 11.8 Å². The second kappa shape index (κ2) is 12.7. The van der Waals surface area contributed by atoms with Gasteiger partial charge >= 0.3 is 0 Å². The summed E-state index contributed by atoms with van der Waals surface area (Å²) >= 11 is 6.18. The van der Waals surface area contributed by atoms with Gasteiger partial charge in [-0.2, -0.15) is 5.26 Å². The van der Waals surface area contributed by atoms with Gasteiger partial charge in [0.2, 0.25) is 5.95 Å². The Labute approximate surface area is 229 Å². The van der Waals surface area contributed by atoms with Crippen molar-refractivity contribution < 1.29 is 19.0 Å². The molecular weight excluding hydrogens is 508 g/mol. The zero-order valence-corrected chi connectivity index (χ0v) is 23.4. The maximum atomic E-state index is 13.1. The first-order valence-corrected chi connectivity index (χ1v) is 13.0. The highest BCUT2D eigenvalue weighted by Gasteiger charge is 2.64. The van der Waals surface area contributed by atoms with E-state index < -0.39 is 0 Å². The maximum Gasteiger partial charge on any atom is 0.254 e. The molecule has 0 aliphatic heterocycles. The van der Waals surface area contributed by atoms with Gasteiger partial charge in [0.1, 0.15) is 17.9 Å². The number of rotatable bonds is 13. The van der Waals surface area contributed by atoms with Gasteiger partial charge in [0, 0.05) is 55.5 Å². The zero-order valence-electron chi connectivity index (χ0n) is 22.7. The lowest BCUT2D eigenvalue weighted by molar-refractivity contribution is -0.164. The minimum Gasteiger partial charge on any atom is -0.489 e. The molecule has 0 bridgehead atoms. The van der Waals surface area contributed by atoms with E-state index in [0.29, 0.717) is 67.4 Å². The van der Waals surface area contributed by atoms with E-state index in [1.807, 2.05) is 18.0 Å². The van der Waals surface area contributed by atoms with Crippen molar-refractivity contribution in [3.05, 3.63) is 46.7 Å². The molecule has 11 heteroatoms. The highest BCUT2D eigenvalue weighted by atomic mass is 35.5. The van der Waals surface area contributed by atoms with Crippen LogP contribution in [0.1, 0.15) is 43.6 Å². The van der Waals surface area contributed by atoms with E-state index in [0.717, 1.165) is 0 Å². The van der Waals surface area contributed by atoms with Gasteiger partial charge in [-0.3, -0.25) is 4.79 Å². The molecule has 0 radical (unpaired) electrons. The summed E-state index contributed by atoms with van der Waals surface area (Å²) in [6.45, 7) is 11.3. The lowest BCUT2D eigenvalue weighted by Gasteiger charge is -2.63. The Morgan fingerprint density at radius 1 is 1.13 bits per heavy atom. The summed E-state index contributed by atoms with van der Waals surface area (Å²) in [5, 5.41) is 12.6. The normalized spacial score (nSPS) is 19.2. The first kappa shape index (κ1) is 29.6. The Morgan fingerprint density at radius 2 is 1.76 bits per heavy atom. The topological polar surface area (TPSA) is 136 Å². The molecule has 1 aromatic heterocycles. The molecule has 1 aromatic carbocycles. The molecule has 0 saturated heterocycles. The van der Waals surface area contributed by atoms with Crippen molar-refractivity contribution in [1.29, 1.82) is 5.26 Å². The van der Waals surface area contributed by atoms with Gasteiger partial charge in [-0.25, -0.2) is 9.97 Å². The fraction of sp³-hybridized carbons (Fsp3) is 0.556. The maximum absolute atomic E-state index is 13.1. The van der Waals surface area contributed by atoms with Crippen LogP contribution in [0, 0.1) is 22.2 Å². The molecule has 1 saturated carbocycles. The van der Waals surface area contributed by atoms with Gasteiger partial charge in [0.25, 0.3) is 5.91 Å². The average Bonchev–Trinajstić information content (AvgIpc) is 2.89. The van der Waals surface area contributed by atoms with Gasteiger partial charge in [-0.05, 0) is 12.1 Å². The van der Waals surface area contributed by atoms with E-state index in [-0.39, 0.29) is 28.9 Å². The summed E-state index contributed by atoms with van der Waals surface area (Å²) in [5.41, 5.74) is 5.42. The Kier molecular flexibility index (Phi) is 9.90. The SMILES string of the molecule is CN(CCOCCOCCN)c1ncc(C(=O)NC2C(C)(C)C(Oc3ccc(C#N)c(Cl)c3)C2(C)C)cn1. The molecule has 1 aliphatic carbocycles. The number of nitriles is 1. The smallest absolute Gasteiger partial charge is 0.254 e. The van der Waals surface area contributed by atoms with E-state index in [9.17, 15) is 4.79 Å². The molecule has 1 fully saturated rings. The largest absolute Gasteiger partial charge is 0.489 e. The van der Waals surface area contributed by atoms with Crippen LogP contribution in [0.3, 0.4) is 0 Å². The van der Waals surface area contributed by atoms with Crippen LogP contribution in [0.5, 0.6) is 5.75 Å². The van der Waals surface area contributed by atoms with Crippen molar-refractivity contribution >= 4 is 23.5 Å². The van der Waals surface area contributed by atoms with Crippen molar-refractivity contribution in [3.63, 3.8) is 0 Å². The monoisotopic (exact) mass is 544 g/mol. The Bertz CT molecular complexity index is 1120. The molecule has 206 valence electrons. The third kappa shape index (κ3) is 6.72. The quantitative estimate of drug-likeness (QED) is 0.364. The molecule has 2 aromatic rings. The van der Waals surface area contributed by atoms with Crippen molar-refractivity contribution in [2.45, 2.75) is 39.8 Å². The minimum atomic E-state index is -0.365. The average molecular weight is 545 g/mol.